The van der Waals surface area contributed by atoms with E-state index >= 15 is 0 Å². The number of nitrogens with one attached hydrogen (secondary N) is 1. The number of amides is 1. The summed E-state index contributed by atoms with van der Waals surface area (Å²) in [5.41, 5.74) is 6.17. The molecule has 0 aliphatic heterocycles. The summed E-state index contributed by atoms with van der Waals surface area (Å²) in [6.45, 7) is 1.85. The molecule has 0 spiro atoms. The second-order valence-corrected chi connectivity index (χ2v) is 5.69. The minimum atomic E-state index is -0.553. The van der Waals surface area contributed by atoms with Gasteiger partial charge in [-0.15, -0.1) is 0 Å². The van der Waals surface area contributed by atoms with Gasteiger partial charge >= 0.3 is 0 Å². The van der Waals surface area contributed by atoms with Gasteiger partial charge in [-0.3, -0.25) is 4.79 Å². The van der Waals surface area contributed by atoms with E-state index in [1.165, 1.54) is 19.1 Å². The smallest absolute Gasteiger partial charge is 0.288 e. The molecule has 0 bridgehead atoms. The maximum atomic E-state index is 12.3. The monoisotopic (exact) mass is 280 g/mol. The van der Waals surface area contributed by atoms with Crippen LogP contribution in [0.25, 0.3) is 0 Å². The predicted octanol–water partition coefficient (Wildman–Crippen LogP) is 2.70. The average molecular weight is 280 g/mol. The Kier molecular flexibility index (Phi) is 4.24. The lowest BCUT2D eigenvalue weighted by atomic mass is 9.90. The first kappa shape index (κ1) is 14.1. The summed E-state index contributed by atoms with van der Waals surface area (Å²) < 4.78 is 5.23. The second-order valence-electron chi connectivity index (χ2n) is 5.25. The highest BCUT2D eigenvalue weighted by molar-refractivity contribution is 7.80. The van der Waals surface area contributed by atoms with E-state index in [4.69, 9.17) is 22.4 Å². The van der Waals surface area contributed by atoms with Crippen molar-refractivity contribution in [2.24, 2.45) is 5.73 Å². The molecule has 0 radical (unpaired) electrons. The number of carbonyl (C=O) groups excluding carboxylic acids is 1. The van der Waals surface area contributed by atoms with Crippen LogP contribution in [0.2, 0.25) is 0 Å². The summed E-state index contributed by atoms with van der Waals surface area (Å²) in [7, 11) is 0. The Hall–Kier alpha value is -1.36. The SMILES string of the molecule is Cc1ccoc1C(=O)NC1(C(N)=S)CCCCCC1. The first-order valence-corrected chi connectivity index (χ1v) is 7.12. The van der Waals surface area contributed by atoms with E-state index in [1.54, 1.807) is 6.07 Å². The van der Waals surface area contributed by atoms with Gasteiger partial charge in [-0.1, -0.05) is 37.9 Å². The fraction of sp³-hybridized carbons (Fsp3) is 0.571. The lowest BCUT2D eigenvalue weighted by Gasteiger charge is -2.32. The van der Waals surface area contributed by atoms with Gasteiger partial charge in [0.05, 0.1) is 16.8 Å². The highest BCUT2D eigenvalue weighted by Crippen LogP contribution is 2.28. The van der Waals surface area contributed by atoms with Crippen LogP contribution in [-0.2, 0) is 0 Å². The van der Waals surface area contributed by atoms with E-state index < -0.39 is 5.54 Å². The van der Waals surface area contributed by atoms with Gasteiger partial charge in [-0.25, -0.2) is 0 Å². The number of hydrogen-bond acceptors (Lipinski definition) is 3. The van der Waals surface area contributed by atoms with Crippen LogP contribution in [0.3, 0.4) is 0 Å². The third-order valence-electron chi connectivity index (χ3n) is 3.85. The largest absolute Gasteiger partial charge is 0.459 e. The summed E-state index contributed by atoms with van der Waals surface area (Å²) >= 11 is 5.20. The van der Waals surface area contributed by atoms with Crippen molar-refractivity contribution in [3.8, 4) is 0 Å². The predicted molar refractivity (Wildman–Crippen MR) is 78.1 cm³/mol. The molecular formula is C14H20N2O2S. The number of rotatable bonds is 3. The number of aryl methyl sites for hydroxylation is 1. The van der Waals surface area contributed by atoms with Crippen molar-refractivity contribution in [2.45, 2.75) is 51.0 Å². The highest BCUT2D eigenvalue weighted by atomic mass is 32.1. The lowest BCUT2D eigenvalue weighted by Crippen LogP contribution is -2.56. The van der Waals surface area contributed by atoms with Crippen LogP contribution >= 0.6 is 12.2 Å². The van der Waals surface area contributed by atoms with E-state index in [0.29, 0.717) is 10.7 Å². The van der Waals surface area contributed by atoms with Crippen molar-refractivity contribution in [3.63, 3.8) is 0 Å². The molecule has 1 aliphatic rings. The van der Waals surface area contributed by atoms with Gasteiger partial charge in [0.1, 0.15) is 0 Å². The molecule has 1 fully saturated rings. The average Bonchev–Trinajstić information content (AvgIpc) is 2.64. The summed E-state index contributed by atoms with van der Waals surface area (Å²) in [6.07, 6.45) is 7.55. The molecule has 1 aromatic heterocycles. The van der Waals surface area contributed by atoms with Crippen molar-refractivity contribution in [1.29, 1.82) is 0 Å². The van der Waals surface area contributed by atoms with Gasteiger partial charge in [0.2, 0.25) is 0 Å². The number of furan rings is 1. The Morgan fingerprint density at radius 1 is 1.37 bits per heavy atom. The third-order valence-corrected chi connectivity index (χ3v) is 4.24. The summed E-state index contributed by atoms with van der Waals surface area (Å²) in [4.78, 5) is 12.7. The van der Waals surface area contributed by atoms with Gasteiger partial charge in [0.25, 0.3) is 5.91 Å². The van der Waals surface area contributed by atoms with Crippen molar-refractivity contribution < 1.29 is 9.21 Å². The highest BCUT2D eigenvalue weighted by Gasteiger charge is 2.36. The van der Waals surface area contributed by atoms with Gasteiger partial charge < -0.3 is 15.5 Å². The number of nitrogens with two attached hydrogens (primary N) is 1. The Bertz CT molecular complexity index is 474. The van der Waals surface area contributed by atoms with Crippen molar-refractivity contribution in [2.75, 3.05) is 0 Å². The molecule has 0 unspecified atom stereocenters. The third kappa shape index (κ3) is 2.97. The van der Waals surface area contributed by atoms with Crippen LogP contribution in [0.5, 0.6) is 0 Å². The van der Waals surface area contributed by atoms with Crippen LogP contribution in [0.1, 0.15) is 54.6 Å². The molecule has 4 nitrogen and oxygen atoms in total. The van der Waals surface area contributed by atoms with Gasteiger partial charge in [-0.2, -0.15) is 0 Å². The van der Waals surface area contributed by atoms with Gasteiger partial charge in [0.15, 0.2) is 5.76 Å². The van der Waals surface area contributed by atoms with E-state index in [9.17, 15) is 4.79 Å². The fourth-order valence-electron chi connectivity index (χ4n) is 2.64. The Morgan fingerprint density at radius 2 is 2.00 bits per heavy atom. The number of hydrogen-bond donors (Lipinski definition) is 2. The Balaban J connectivity index is 2.19. The van der Waals surface area contributed by atoms with Crippen molar-refractivity contribution >= 4 is 23.1 Å². The maximum Gasteiger partial charge on any atom is 0.288 e. The molecule has 1 aliphatic carbocycles. The number of carbonyl (C=O) groups is 1. The summed E-state index contributed by atoms with van der Waals surface area (Å²) in [6, 6.07) is 1.77. The van der Waals surface area contributed by atoms with Crippen LogP contribution in [-0.4, -0.2) is 16.4 Å². The minimum absolute atomic E-state index is 0.225. The zero-order valence-corrected chi connectivity index (χ0v) is 12.0. The fourth-order valence-corrected chi connectivity index (χ4v) is 2.90. The minimum Gasteiger partial charge on any atom is -0.459 e. The standard InChI is InChI=1S/C14H20N2O2S/c1-10-6-9-18-11(10)12(17)16-14(13(15)19)7-4-2-3-5-8-14/h6,9H,2-5,7-8H2,1H3,(H2,15,19)(H,16,17). The Labute approximate surface area is 118 Å². The lowest BCUT2D eigenvalue weighted by molar-refractivity contribution is 0.0888. The summed E-state index contributed by atoms with van der Waals surface area (Å²) in [5.74, 6) is 0.122. The topological polar surface area (TPSA) is 68.3 Å². The van der Waals surface area contributed by atoms with E-state index in [1.807, 2.05) is 6.92 Å². The molecule has 1 saturated carbocycles. The molecule has 1 amide bonds. The molecule has 104 valence electrons. The van der Waals surface area contributed by atoms with Gasteiger partial charge in [-0.05, 0) is 25.8 Å². The molecule has 1 aromatic rings. The molecule has 19 heavy (non-hydrogen) atoms. The molecule has 3 N–H and O–H groups in total. The van der Waals surface area contributed by atoms with Gasteiger partial charge in [0, 0.05) is 5.56 Å². The van der Waals surface area contributed by atoms with Crippen LogP contribution in [0.15, 0.2) is 16.7 Å². The molecule has 0 atom stereocenters. The first-order chi connectivity index (χ1) is 9.05. The molecule has 0 saturated heterocycles. The van der Waals surface area contributed by atoms with Crippen molar-refractivity contribution in [3.05, 3.63) is 23.7 Å². The van der Waals surface area contributed by atoms with Crippen LogP contribution < -0.4 is 11.1 Å². The molecule has 0 aromatic carbocycles. The molecule has 1 heterocycles. The second kappa shape index (κ2) is 5.74. The maximum absolute atomic E-state index is 12.3. The van der Waals surface area contributed by atoms with Crippen molar-refractivity contribution in [1.82, 2.24) is 5.32 Å². The van der Waals surface area contributed by atoms with Crippen LogP contribution in [0.4, 0.5) is 0 Å². The number of thiocarbonyl (C=S) groups is 1. The quantitative estimate of drug-likeness (QED) is 0.660. The molecule has 5 heteroatoms. The zero-order chi connectivity index (χ0) is 13.9. The summed E-state index contributed by atoms with van der Waals surface area (Å²) in [5, 5.41) is 3.02. The van der Waals surface area contributed by atoms with E-state index in [0.717, 1.165) is 31.2 Å². The molecular weight excluding hydrogens is 260 g/mol. The van der Waals surface area contributed by atoms with Crippen LogP contribution in [0, 0.1) is 6.92 Å². The molecule has 2 rings (SSSR count). The van der Waals surface area contributed by atoms with E-state index in [-0.39, 0.29) is 5.91 Å². The Morgan fingerprint density at radius 3 is 2.47 bits per heavy atom. The normalized spacial score (nSPS) is 18.6. The first-order valence-electron chi connectivity index (χ1n) is 6.72. The van der Waals surface area contributed by atoms with E-state index in [2.05, 4.69) is 5.32 Å². The zero-order valence-electron chi connectivity index (χ0n) is 11.2.